The molecule has 1 fully saturated rings. The molecule has 2 rings (SSSR count). The van der Waals surface area contributed by atoms with Crippen LogP contribution in [0.3, 0.4) is 0 Å². The van der Waals surface area contributed by atoms with Crippen molar-refractivity contribution in [1.82, 2.24) is 15.8 Å². The van der Waals surface area contributed by atoms with Gasteiger partial charge in [0.2, 0.25) is 0 Å². The van der Waals surface area contributed by atoms with Crippen LogP contribution in [0.4, 0.5) is 9.59 Å². The molecule has 7 heteroatoms. The van der Waals surface area contributed by atoms with Crippen LogP contribution in [0.15, 0.2) is 30.3 Å². The fourth-order valence-electron chi connectivity index (χ4n) is 2.55. The van der Waals surface area contributed by atoms with Crippen LogP contribution in [0.1, 0.15) is 45.6 Å². The van der Waals surface area contributed by atoms with Crippen molar-refractivity contribution in [2.24, 2.45) is 0 Å². The number of nitrogens with zero attached hydrogens (tertiary/aromatic N) is 1. The smallest absolute Gasteiger partial charge is 0.422 e. The molecule has 138 valence electrons. The number of hydrogen-bond donors (Lipinski definition) is 2. The van der Waals surface area contributed by atoms with Crippen molar-refractivity contribution in [3.8, 4) is 0 Å². The van der Waals surface area contributed by atoms with Gasteiger partial charge in [-0.3, -0.25) is 10.3 Å². The molecule has 0 saturated carbocycles. The Labute approximate surface area is 148 Å². The number of carbonyl (C=O) groups excluding carboxylic acids is 2. The summed E-state index contributed by atoms with van der Waals surface area (Å²) in [6.07, 6.45) is 1.32. The molecule has 0 spiro atoms. The second-order valence-corrected chi connectivity index (χ2v) is 7.02. The number of hydrogen-bond acceptors (Lipinski definition) is 5. The Morgan fingerprint density at radius 1 is 1.20 bits per heavy atom. The fourth-order valence-corrected chi connectivity index (χ4v) is 2.55. The molecular formula is C18H27N3O4. The molecule has 1 saturated heterocycles. The molecule has 7 nitrogen and oxygen atoms in total. The van der Waals surface area contributed by atoms with Crippen molar-refractivity contribution in [3.63, 3.8) is 0 Å². The second-order valence-electron chi connectivity index (χ2n) is 7.02. The Morgan fingerprint density at radius 2 is 1.92 bits per heavy atom. The molecule has 2 N–H and O–H groups in total. The first-order valence-corrected chi connectivity index (χ1v) is 8.57. The highest BCUT2D eigenvalue weighted by molar-refractivity contribution is 5.69. The third-order valence-electron chi connectivity index (χ3n) is 3.68. The van der Waals surface area contributed by atoms with E-state index in [0.717, 1.165) is 24.8 Å². The van der Waals surface area contributed by atoms with E-state index in [0.29, 0.717) is 6.54 Å². The van der Waals surface area contributed by atoms with Crippen molar-refractivity contribution < 1.29 is 19.1 Å². The summed E-state index contributed by atoms with van der Waals surface area (Å²) >= 11 is 0. The number of nitrogens with one attached hydrogen (secondary N) is 2. The van der Waals surface area contributed by atoms with Crippen LogP contribution in [-0.4, -0.2) is 35.4 Å². The lowest BCUT2D eigenvalue weighted by molar-refractivity contribution is 0.0345. The number of ether oxygens (including phenoxy) is 2. The molecule has 0 aliphatic carbocycles. The van der Waals surface area contributed by atoms with E-state index in [1.165, 1.54) is 0 Å². The van der Waals surface area contributed by atoms with E-state index >= 15 is 0 Å². The zero-order valence-electron chi connectivity index (χ0n) is 15.1. The summed E-state index contributed by atoms with van der Waals surface area (Å²) in [5.74, 6) is 0. The fraction of sp³-hybridized carbons (Fsp3) is 0.556. The number of likely N-dealkylation sites (tertiary alicyclic amines) is 1. The summed E-state index contributed by atoms with van der Waals surface area (Å²) in [6.45, 7) is 6.19. The average Bonchev–Trinajstić information content (AvgIpc) is 2.57. The second kappa shape index (κ2) is 8.71. The van der Waals surface area contributed by atoms with Gasteiger partial charge in [-0.1, -0.05) is 30.3 Å². The molecule has 2 amide bonds. The lowest BCUT2D eigenvalue weighted by atomic mass is 10.1. The maximum atomic E-state index is 12.4. The van der Waals surface area contributed by atoms with Gasteiger partial charge in [-0.25, -0.2) is 15.0 Å². The molecule has 1 heterocycles. The standard InChI is InChI=1S/C18H27N3O4/c1-18(2,3)25-16(22)20-19-15-11-7-8-12-21(15)17(23)24-13-14-9-5-4-6-10-14/h4-6,9-10,15,19H,7-8,11-13H2,1-3H3,(H,20,22). The van der Waals surface area contributed by atoms with Crippen LogP contribution in [0, 0.1) is 0 Å². The van der Waals surface area contributed by atoms with Gasteiger partial charge in [0.05, 0.1) is 0 Å². The van der Waals surface area contributed by atoms with Crippen LogP contribution >= 0.6 is 0 Å². The minimum Gasteiger partial charge on any atom is -0.445 e. The van der Waals surface area contributed by atoms with Crippen LogP contribution in [0.5, 0.6) is 0 Å². The minimum absolute atomic E-state index is 0.225. The third kappa shape index (κ3) is 6.62. The molecule has 1 aliphatic heterocycles. The van der Waals surface area contributed by atoms with Crippen LogP contribution in [-0.2, 0) is 16.1 Å². The molecule has 1 aromatic rings. The number of piperidine rings is 1. The van der Waals surface area contributed by atoms with E-state index in [2.05, 4.69) is 10.9 Å². The Kier molecular flexibility index (Phi) is 6.64. The summed E-state index contributed by atoms with van der Waals surface area (Å²) in [7, 11) is 0. The summed E-state index contributed by atoms with van der Waals surface area (Å²) in [4.78, 5) is 25.7. The van der Waals surface area contributed by atoms with Crippen molar-refractivity contribution in [1.29, 1.82) is 0 Å². The van der Waals surface area contributed by atoms with Gasteiger partial charge in [-0.2, -0.15) is 0 Å². The molecule has 0 radical (unpaired) electrons. The lowest BCUT2D eigenvalue weighted by Gasteiger charge is -2.35. The molecule has 25 heavy (non-hydrogen) atoms. The number of carbonyl (C=O) groups is 2. The Balaban J connectivity index is 1.84. The van der Waals surface area contributed by atoms with Gasteiger partial charge >= 0.3 is 12.2 Å². The SMILES string of the molecule is CC(C)(C)OC(=O)NNC1CCCCN1C(=O)OCc1ccccc1. The molecule has 1 aliphatic rings. The number of amides is 2. The summed E-state index contributed by atoms with van der Waals surface area (Å²) in [5, 5.41) is 0. The van der Waals surface area contributed by atoms with Gasteiger partial charge in [-0.05, 0) is 45.6 Å². The molecule has 0 aromatic heterocycles. The summed E-state index contributed by atoms with van der Waals surface area (Å²) < 4.78 is 10.6. The average molecular weight is 349 g/mol. The highest BCUT2D eigenvalue weighted by atomic mass is 16.6. The quantitative estimate of drug-likeness (QED) is 0.816. The number of benzene rings is 1. The summed E-state index contributed by atoms with van der Waals surface area (Å²) in [5.41, 5.74) is 5.74. The van der Waals surface area contributed by atoms with E-state index in [9.17, 15) is 9.59 Å². The highest BCUT2D eigenvalue weighted by Gasteiger charge is 2.28. The summed E-state index contributed by atoms with van der Waals surface area (Å²) in [6, 6.07) is 9.53. The minimum atomic E-state index is -0.577. The largest absolute Gasteiger partial charge is 0.445 e. The first kappa shape index (κ1) is 19.1. The Morgan fingerprint density at radius 3 is 2.60 bits per heavy atom. The van der Waals surface area contributed by atoms with Gasteiger partial charge in [0.1, 0.15) is 18.4 Å². The first-order chi connectivity index (χ1) is 11.8. The van der Waals surface area contributed by atoms with Gasteiger partial charge in [0, 0.05) is 6.54 Å². The third-order valence-corrected chi connectivity index (χ3v) is 3.68. The maximum absolute atomic E-state index is 12.4. The lowest BCUT2D eigenvalue weighted by Crippen LogP contribution is -2.57. The Bertz CT molecular complexity index is 571. The van der Waals surface area contributed by atoms with E-state index in [1.807, 2.05) is 30.3 Å². The van der Waals surface area contributed by atoms with Crippen molar-refractivity contribution >= 4 is 12.2 Å². The van der Waals surface area contributed by atoms with Crippen molar-refractivity contribution in [2.75, 3.05) is 6.54 Å². The normalized spacial score (nSPS) is 17.7. The first-order valence-electron chi connectivity index (χ1n) is 8.57. The van der Waals surface area contributed by atoms with Crippen LogP contribution in [0.25, 0.3) is 0 Å². The topological polar surface area (TPSA) is 79.9 Å². The highest BCUT2D eigenvalue weighted by Crippen LogP contribution is 2.16. The molecule has 1 unspecified atom stereocenters. The van der Waals surface area contributed by atoms with E-state index < -0.39 is 17.8 Å². The van der Waals surface area contributed by atoms with Crippen molar-refractivity contribution in [2.45, 2.75) is 58.4 Å². The monoisotopic (exact) mass is 349 g/mol. The molecule has 1 aromatic carbocycles. The van der Waals surface area contributed by atoms with Gasteiger partial charge < -0.3 is 9.47 Å². The van der Waals surface area contributed by atoms with E-state index in [1.54, 1.807) is 25.7 Å². The molecular weight excluding hydrogens is 322 g/mol. The molecule has 0 bridgehead atoms. The Hall–Kier alpha value is -2.28. The zero-order valence-corrected chi connectivity index (χ0v) is 15.1. The van der Waals surface area contributed by atoms with Crippen LogP contribution < -0.4 is 10.9 Å². The van der Waals surface area contributed by atoms with Crippen molar-refractivity contribution in [3.05, 3.63) is 35.9 Å². The maximum Gasteiger partial charge on any atom is 0.422 e. The molecule has 1 atom stereocenters. The zero-order chi connectivity index (χ0) is 18.3. The van der Waals surface area contributed by atoms with E-state index in [4.69, 9.17) is 9.47 Å². The predicted molar refractivity (Wildman–Crippen MR) is 93.5 cm³/mol. The predicted octanol–water partition coefficient (Wildman–Crippen LogP) is 3.16. The number of hydrazine groups is 1. The van der Waals surface area contributed by atoms with Crippen LogP contribution in [0.2, 0.25) is 0 Å². The van der Waals surface area contributed by atoms with Gasteiger partial charge in [-0.15, -0.1) is 0 Å². The number of rotatable bonds is 4. The van der Waals surface area contributed by atoms with Gasteiger partial charge in [0.25, 0.3) is 0 Å². The van der Waals surface area contributed by atoms with E-state index in [-0.39, 0.29) is 12.8 Å². The van der Waals surface area contributed by atoms with Gasteiger partial charge in [0.15, 0.2) is 0 Å².